The number of aromatic nitrogens is 3. The Morgan fingerprint density at radius 1 is 1.12 bits per heavy atom. The molecule has 0 bridgehead atoms. The summed E-state index contributed by atoms with van der Waals surface area (Å²) in [6.07, 6.45) is 11.8. The first-order chi connectivity index (χ1) is 16.0. The van der Waals surface area contributed by atoms with E-state index in [1.54, 1.807) is 0 Å². The first kappa shape index (κ1) is 23.9. The van der Waals surface area contributed by atoms with Gasteiger partial charge in [0.2, 0.25) is 5.95 Å². The van der Waals surface area contributed by atoms with E-state index in [1.807, 2.05) is 12.4 Å². The van der Waals surface area contributed by atoms with Crippen LogP contribution < -0.4 is 10.6 Å². The minimum absolute atomic E-state index is 0.172. The molecule has 1 aliphatic heterocycles. The van der Waals surface area contributed by atoms with Crippen LogP contribution >= 0.6 is 0 Å². The summed E-state index contributed by atoms with van der Waals surface area (Å²) in [5.41, 5.74) is 3.12. The molecule has 7 nitrogen and oxygen atoms in total. The van der Waals surface area contributed by atoms with Crippen LogP contribution in [0.5, 0.6) is 0 Å². The van der Waals surface area contributed by atoms with Crippen molar-refractivity contribution in [1.82, 2.24) is 19.9 Å². The van der Waals surface area contributed by atoms with Crippen molar-refractivity contribution in [3.05, 3.63) is 30.1 Å². The number of pyridine rings is 1. The zero-order valence-corrected chi connectivity index (χ0v) is 20.4. The van der Waals surface area contributed by atoms with Gasteiger partial charge in [0.05, 0.1) is 17.4 Å². The summed E-state index contributed by atoms with van der Waals surface area (Å²) < 4.78 is 0. The van der Waals surface area contributed by atoms with Gasteiger partial charge in [0.25, 0.3) is 0 Å². The molecule has 4 rings (SSSR count). The van der Waals surface area contributed by atoms with Crippen molar-refractivity contribution in [3.63, 3.8) is 0 Å². The van der Waals surface area contributed by atoms with E-state index in [0.29, 0.717) is 18.0 Å². The highest BCUT2D eigenvalue weighted by atomic mass is 16.3. The first-order valence-electron chi connectivity index (χ1n) is 12.7. The number of aliphatic hydroxyl groups excluding tert-OH is 1. The second kappa shape index (κ2) is 11.3. The molecule has 0 amide bonds. The molecule has 0 spiro atoms. The molecule has 180 valence electrons. The number of hydrogen-bond acceptors (Lipinski definition) is 7. The van der Waals surface area contributed by atoms with Crippen LogP contribution in [0.2, 0.25) is 0 Å². The predicted octanol–water partition coefficient (Wildman–Crippen LogP) is 4.35. The maximum absolute atomic E-state index is 9.89. The molecule has 0 aromatic carbocycles. The Kier molecular flexibility index (Phi) is 8.15. The van der Waals surface area contributed by atoms with E-state index in [9.17, 15) is 5.11 Å². The van der Waals surface area contributed by atoms with Gasteiger partial charge in [0.1, 0.15) is 5.82 Å². The third-order valence-electron chi connectivity index (χ3n) is 7.04. The molecule has 2 aromatic rings. The first-order valence-corrected chi connectivity index (χ1v) is 12.7. The van der Waals surface area contributed by atoms with Gasteiger partial charge in [-0.1, -0.05) is 19.4 Å². The molecular weight excluding hydrogens is 412 g/mol. The lowest BCUT2D eigenvalue weighted by atomic mass is 9.93. The van der Waals surface area contributed by atoms with Crippen molar-refractivity contribution in [1.29, 1.82) is 0 Å². The number of nitrogens with zero attached hydrogens (tertiary/aromatic N) is 4. The molecule has 2 atom stereocenters. The van der Waals surface area contributed by atoms with Gasteiger partial charge >= 0.3 is 0 Å². The Hall–Kier alpha value is -2.25. The van der Waals surface area contributed by atoms with Crippen molar-refractivity contribution in [2.24, 2.45) is 5.92 Å². The third-order valence-corrected chi connectivity index (χ3v) is 7.04. The zero-order chi connectivity index (χ0) is 23.2. The molecule has 1 aliphatic carbocycles. The predicted molar refractivity (Wildman–Crippen MR) is 134 cm³/mol. The summed E-state index contributed by atoms with van der Waals surface area (Å²) in [4.78, 5) is 16.7. The molecule has 2 aromatic heterocycles. The summed E-state index contributed by atoms with van der Waals surface area (Å²) in [5, 5.41) is 17.0. The Labute approximate surface area is 198 Å². The van der Waals surface area contributed by atoms with E-state index in [-0.39, 0.29) is 6.10 Å². The quantitative estimate of drug-likeness (QED) is 0.521. The summed E-state index contributed by atoms with van der Waals surface area (Å²) in [7, 11) is 2.20. The third kappa shape index (κ3) is 6.64. The van der Waals surface area contributed by atoms with Crippen LogP contribution in [0.25, 0.3) is 11.3 Å². The van der Waals surface area contributed by atoms with Crippen molar-refractivity contribution in [2.45, 2.75) is 83.4 Å². The van der Waals surface area contributed by atoms with Crippen LogP contribution in [-0.4, -0.2) is 63.3 Å². The summed E-state index contributed by atoms with van der Waals surface area (Å²) in [6, 6.07) is 4.94. The lowest BCUT2D eigenvalue weighted by Gasteiger charge is -2.27. The molecule has 3 heterocycles. The van der Waals surface area contributed by atoms with E-state index in [0.717, 1.165) is 67.9 Å². The highest BCUT2D eigenvalue weighted by Crippen LogP contribution is 2.29. The van der Waals surface area contributed by atoms with Gasteiger partial charge in [-0.2, -0.15) is 4.98 Å². The van der Waals surface area contributed by atoms with Crippen molar-refractivity contribution in [3.8, 4) is 11.3 Å². The topological polar surface area (TPSA) is 86.2 Å². The summed E-state index contributed by atoms with van der Waals surface area (Å²) in [6.45, 7) is 6.72. The van der Waals surface area contributed by atoms with Gasteiger partial charge in [0, 0.05) is 31.0 Å². The van der Waals surface area contributed by atoms with Crippen molar-refractivity contribution >= 4 is 11.8 Å². The van der Waals surface area contributed by atoms with Crippen LogP contribution in [0.15, 0.2) is 24.5 Å². The maximum atomic E-state index is 9.89. The number of anilines is 2. The standard InChI is InChI=1S/C26H40N6O/c1-4-5-18(2)29-26-28-16-23(25(31-26)30-21-7-9-22(33)10-8-21)24-11-6-19(15-27-24)14-20-12-13-32(3)17-20/h6,11,15-16,18,20-22,33H,4-5,7-10,12-14,17H2,1-3H3,(H2,28,29,30,31)/t18-,20?,21-,22-/m0/s1. The molecular formula is C26H40N6O. The van der Waals surface area contributed by atoms with E-state index in [2.05, 4.69) is 53.5 Å². The van der Waals surface area contributed by atoms with Crippen molar-refractivity contribution in [2.75, 3.05) is 30.8 Å². The van der Waals surface area contributed by atoms with Gasteiger partial charge in [0.15, 0.2) is 0 Å². The fraction of sp³-hybridized carbons (Fsp3) is 0.654. The van der Waals surface area contributed by atoms with Crippen LogP contribution in [0.1, 0.15) is 64.4 Å². The van der Waals surface area contributed by atoms with Crippen LogP contribution in [-0.2, 0) is 6.42 Å². The van der Waals surface area contributed by atoms with Crippen LogP contribution in [0.3, 0.4) is 0 Å². The maximum Gasteiger partial charge on any atom is 0.224 e. The van der Waals surface area contributed by atoms with Crippen molar-refractivity contribution < 1.29 is 5.11 Å². The van der Waals surface area contributed by atoms with Gasteiger partial charge in [-0.25, -0.2) is 4.98 Å². The fourth-order valence-corrected chi connectivity index (χ4v) is 5.12. The number of rotatable bonds is 9. The molecule has 2 aliphatic rings. The van der Waals surface area contributed by atoms with E-state index in [1.165, 1.54) is 25.1 Å². The van der Waals surface area contributed by atoms with Crippen LogP contribution in [0, 0.1) is 5.92 Å². The molecule has 3 N–H and O–H groups in total. The SMILES string of the molecule is CCC[C@H](C)Nc1ncc(-c2ccc(CC3CCN(C)C3)cn2)c(N[C@H]2CC[C@H](O)CC2)n1. The molecule has 1 unspecified atom stereocenters. The normalized spacial score (nSPS) is 24.5. The lowest BCUT2D eigenvalue weighted by molar-refractivity contribution is 0.126. The lowest BCUT2D eigenvalue weighted by Crippen LogP contribution is -2.29. The highest BCUT2D eigenvalue weighted by Gasteiger charge is 2.22. The number of aliphatic hydroxyl groups is 1. The average molecular weight is 453 g/mol. The van der Waals surface area contributed by atoms with Gasteiger partial charge in [-0.3, -0.25) is 4.98 Å². The zero-order valence-electron chi connectivity index (χ0n) is 20.4. The highest BCUT2D eigenvalue weighted by molar-refractivity contribution is 5.73. The second-order valence-corrected chi connectivity index (χ2v) is 10.1. The Bertz CT molecular complexity index is 881. The molecule has 33 heavy (non-hydrogen) atoms. The molecule has 2 fully saturated rings. The Balaban J connectivity index is 1.52. The van der Waals surface area contributed by atoms with E-state index < -0.39 is 0 Å². The van der Waals surface area contributed by atoms with Gasteiger partial charge in [-0.15, -0.1) is 0 Å². The molecule has 1 saturated heterocycles. The minimum atomic E-state index is -0.172. The van der Waals surface area contributed by atoms with E-state index >= 15 is 0 Å². The average Bonchev–Trinajstić information content (AvgIpc) is 3.21. The largest absolute Gasteiger partial charge is 0.393 e. The molecule has 0 radical (unpaired) electrons. The number of hydrogen-bond donors (Lipinski definition) is 3. The number of likely N-dealkylation sites (tertiary alicyclic amines) is 1. The van der Waals surface area contributed by atoms with Gasteiger partial charge in [-0.05, 0) is 83.0 Å². The summed E-state index contributed by atoms with van der Waals surface area (Å²) >= 11 is 0. The number of nitrogens with one attached hydrogen (secondary N) is 2. The molecule has 7 heteroatoms. The van der Waals surface area contributed by atoms with E-state index in [4.69, 9.17) is 9.97 Å². The van der Waals surface area contributed by atoms with Gasteiger partial charge < -0.3 is 20.6 Å². The molecule has 1 saturated carbocycles. The Morgan fingerprint density at radius 3 is 2.61 bits per heavy atom. The second-order valence-electron chi connectivity index (χ2n) is 10.1. The monoisotopic (exact) mass is 452 g/mol. The fourth-order valence-electron chi connectivity index (χ4n) is 5.12. The smallest absolute Gasteiger partial charge is 0.224 e. The Morgan fingerprint density at radius 2 is 1.94 bits per heavy atom. The summed E-state index contributed by atoms with van der Waals surface area (Å²) in [5.74, 6) is 2.20. The van der Waals surface area contributed by atoms with Crippen LogP contribution in [0.4, 0.5) is 11.8 Å². The minimum Gasteiger partial charge on any atom is -0.393 e.